The molecule has 1 aliphatic heterocycles. The fraction of sp³-hybridized carbons (Fsp3) is 0.263. The minimum atomic E-state index is -0.507. The zero-order valence-corrected chi connectivity index (χ0v) is 15.5. The summed E-state index contributed by atoms with van der Waals surface area (Å²) in [5, 5.41) is 2.37. The van der Waals surface area contributed by atoms with Gasteiger partial charge in [0.15, 0.2) is 6.61 Å². The van der Waals surface area contributed by atoms with Gasteiger partial charge in [-0.25, -0.2) is 4.79 Å². The van der Waals surface area contributed by atoms with E-state index in [-0.39, 0.29) is 12.5 Å². The average Bonchev–Trinajstić information content (AvgIpc) is 3.07. The van der Waals surface area contributed by atoms with E-state index in [1.165, 1.54) is 17.4 Å². The van der Waals surface area contributed by atoms with Crippen LogP contribution in [0.2, 0.25) is 0 Å². The zero-order valence-electron chi connectivity index (χ0n) is 13.9. The molecule has 3 rings (SSSR count). The highest BCUT2D eigenvalue weighted by atomic mass is 32.2. The minimum absolute atomic E-state index is 0.194. The van der Waals surface area contributed by atoms with Gasteiger partial charge in [0.2, 0.25) is 0 Å². The molecule has 0 N–H and O–H groups in total. The van der Waals surface area contributed by atoms with Gasteiger partial charge in [-0.05, 0) is 36.1 Å². The number of carbonyl (C=O) groups is 2. The van der Waals surface area contributed by atoms with Crippen molar-refractivity contribution in [2.75, 3.05) is 18.1 Å². The van der Waals surface area contributed by atoms with Crippen molar-refractivity contribution in [3.05, 3.63) is 52.7 Å². The molecular formula is C19H19NO3S2. The van der Waals surface area contributed by atoms with Crippen molar-refractivity contribution in [2.24, 2.45) is 0 Å². The molecule has 1 aromatic heterocycles. The van der Waals surface area contributed by atoms with E-state index in [2.05, 4.69) is 6.92 Å². The second-order valence-corrected chi connectivity index (χ2v) is 8.15. The summed E-state index contributed by atoms with van der Waals surface area (Å²) < 4.78 is 5.12. The molecule has 25 heavy (non-hydrogen) atoms. The normalized spacial score (nSPS) is 17.2. The Balaban J connectivity index is 1.62. The molecule has 0 unspecified atom stereocenters. The van der Waals surface area contributed by atoms with Crippen LogP contribution < -0.4 is 4.90 Å². The smallest absolute Gasteiger partial charge is 0.331 e. The van der Waals surface area contributed by atoms with E-state index < -0.39 is 5.97 Å². The molecule has 1 aromatic carbocycles. The van der Waals surface area contributed by atoms with Gasteiger partial charge in [0.25, 0.3) is 5.91 Å². The van der Waals surface area contributed by atoms with Crippen molar-refractivity contribution in [3.63, 3.8) is 0 Å². The topological polar surface area (TPSA) is 46.6 Å². The van der Waals surface area contributed by atoms with Crippen molar-refractivity contribution >= 4 is 46.7 Å². The van der Waals surface area contributed by atoms with Crippen LogP contribution in [0.5, 0.6) is 0 Å². The number of para-hydroxylation sites is 1. The molecule has 2 heterocycles. The summed E-state index contributed by atoms with van der Waals surface area (Å²) in [5.41, 5.74) is 0.895. The Morgan fingerprint density at radius 3 is 2.92 bits per heavy atom. The number of ether oxygens (including phenoxy) is 1. The lowest BCUT2D eigenvalue weighted by Gasteiger charge is -2.22. The number of hydrogen-bond donors (Lipinski definition) is 0. The number of nitrogens with zero attached hydrogens (tertiary/aromatic N) is 1. The van der Waals surface area contributed by atoms with Crippen molar-refractivity contribution < 1.29 is 14.3 Å². The number of esters is 1. The van der Waals surface area contributed by atoms with Crippen LogP contribution in [0.3, 0.4) is 0 Å². The molecule has 0 aliphatic carbocycles. The van der Waals surface area contributed by atoms with Crippen molar-refractivity contribution in [1.82, 2.24) is 0 Å². The predicted octanol–water partition coefficient (Wildman–Crippen LogP) is 4.22. The standard InChI is InChI=1S/C19H19NO3S2/c1-14-10-11-20(16-6-2-3-7-17(16)25-14)18(21)13-23-19(22)9-8-15-5-4-12-24-15/h2-9,12,14H,10-11,13H2,1H3/b9-8+/t14-/m0/s1. The lowest BCUT2D eigenvalue weighted by atomic mass is 10.2. The second-order valence-electron chi connectivity index (χ2n) is 5.69. The molecule has 0 saturated carbocycles. The Kier molecular flexibility index (Phi) is 5.94. The molecule has 0 bridgehead atoms. The van der Waals surface area contributed by atoms with Crippen molar-refractivity contribution in [1.29, 1.82) is 0 Å². The van der Waals surface area contributed by atoms with E-state index in [0.29, 0.717) is 11.8 Å². The van der Waals surface area contributed by atoms with Crippen LogP contribution >= 0.6 is 23.1 Å². The van der Waals surface area contributed by atoms with Crippen molar-refractivity contribution in [3.8, 4) is 0 Å². The number of thiophene rings is 1. The summed E-state index contributed by atoms with van der Waals surface area (Å²) in [5.74, 6) is -0.701. The fourth-order valence-corrected chi connectivity index (χ4v) is 4.27. The lowest BCUT2D eigenvalue weighted by Crippen LogP contribution is -2.35. The number of rotatable bonds is 4. The number of anilines is 1. The zero-order chi connectivity index (χ0) is 17.6. The SMILES string of the molecule is C[C@H]1CCN(C(=O)COC(=O)/C=C/c2cccs2)c2ccccc2S1. The Bertz CT molecular complexity index is 771. The highest BCUT2D eigenvalue weighted by Gasteiger charge is 2.24. The highest BCUT2D eigenvalue weighted by molar-refractivity contribution is 8.00. The van der Waals surface area contributed by atoms with Gasteiger partial charge < -0.3 is 9.64 Å². The summed E-state index contributed by atoms with van der Waals surface area (Å²) in [6, 6.07) is 11.7. The third kappa shape index (κ3) is 4.74. The Morgan fingerprint density at radius 1 is 1.28 bits per heavy atom. The fourth-order valence-electron chi connectivity index (χ4n) is 2.54. The number of benzene rings is 1. The van der Waals surface area contributed by atoms with Gasteiger partial charge in [-0.3, -0.25) is 4.79 Å². The van der Waals surface area contributed by atoms with E-state index in [1.54, 1.807) is 22.7 Å². The van der Waals surface area contributed by atoms with Crippen LogP contribution in [0.1, 0.15) is 18.2 Å². The quantitative estimate of drug-likeness (QED) is 0.595. The van der Waals surface area contributed by atoms with E-state index in [1.807, 2.05) is 41.8 Å². The van der Waals surface area contributed by atoms with Crippen LogP contribution in [0, 0.1) is 0 Å². The lowest BCUT2D eigenvalue weighted by molar-refractivity contribution is -0.142. The molecule has 1 atom stereocenters. The number of thioether (sulfide) groups is 1. The third-order valence-corrected chi connectivity index (χ3v) is 5.88. The van der Waals surface area contributed by atoms with E-state index in [4.69, 9.17) is 4.74 Å². The first kappa shape index (κ1) is 17.8. The first-order chi connectivity index (χ1) is 12.1. The molecule has 2 aromatic rings. The second kappa shape index (κ2) is 8.36. The molecule has 130 valence electrons. The van der Waals surface area contributed by atoms with E-state index >= 15 is 0 Å². The van der Waals surface area contributed by atoms with Gasteiger partial charge >= 0.3 is 5.97 Å². The summed E-state index contributed by atoms with van der Waals surface area (Å²) in [6.07, 6.45) is 3.95. The molecule has 0 fully saturated rings. The molecular weight excluding hydrogens is 354 g/mol. The first-order valence-corrected chi connectivity index (χ1v) is 9.84. The molecule has 1 aliphatic rings. The van der Waals surface area contributed by atoms with Crippen molar-refractivity contribution in [2.45, 2.75) is 23.5 Å². The maximum Gasteiger partial charge on any atom is 0.331 e. The predicted molar refractivity (Wildman–Crippen MR) is 103 cm³/mol. The summed E-state index contributed by atoms with van der Waals surface area (Å²) in [4.78, 5) is 28.2. The first-order valence-electron chi connectivity index (χ1n) is 8.08. The Morgan fingerprint density at radius 2 is 2.12 bits per heavy atom. The van der Waals surface area contributed by atoms with E-state index in [9.17, 15) is 9.59 Å². The van der Waals surface area contributed by atoms with Gasteiger partial charge in [0, 0.05) is 27.6 Å². The van der Waals surface area contributed by atoms with Crippen LogP contribution in [-0.4, -0.2) is 30.3 Å². The van der Waals surface area contributed by atoms with Gasteiger partial charge in [-0.15, -0.1) is 23.1 Å². The van der Waals surface area contributed by atoms with Gasteiger partial charge in [0.1, 0.15) is 0 Å². The van der Waals surface area contributed by atoms with E-state index in [0.717, 1.165) is 21.9 Å². The van der Waals surface area contributed by atoms with Gasteiger partial charge in [0.05, 0.1) is 5.69 Å². The highest BCUT2D eigenvalue weighted by Crippen LogP contribution is 2.37. The average molecular weight is 373 g/mol. The Hall–Kier alpha value is -2.05. The van der Waals surface area contributed by atoms with Crippen LogP contribution in [0.15, 0.2) is 52.7 Å². The molecule has 1 amide bonds. The molecule has 0 spiro atoms. The summed E-state index contributed by atoms with van der Waals surface area (Å²) >= 11 is 3.31. The maximum absolute atomic E-state index is 12.6. The number of carbonyl (C=O) groups excluding carboxylic acids is 2. The monoisotopic (exact) mass is 373 g/mol. The molecule has 0 radical (unpaired) electrons. The van der Waals surface area contributed by atoms with Crippen LogP contribution in [0.25, 0.3) is 6.08 Å². The van der Waals surface area contributed by atoms with Gasteiger partial charge in [-0.2, -0.15) is 0 Å². The molecule has 4 nitrogen and oxygen atoms in total. The molecule has 6 heteroatoms. The summed E-state index contributed by atoms with van der Waals surface area (Å²) in [6.45, 7) is 2.54. The number of fused-ring (bicyclic) bond motifs is 1. The Labute approximate surface area is 155 Å². The third-order valence-electron chi connectivity index (χ3n) is 3.81. The number of hydrogen-bond acceptors (Lipinski definition) is 5. The van der Waals surface area contributed by atoms with Crippen LogP contribution in [-0.2, 0) is 14.3 Å². The minimum Gasteiger partial charge on any atom is -0.452 e. The largest absolute Gasteiger partial charge is 0.452 e. The number of amides is 1. The summed E-state index contributed by atoms with van der Waals surface area (Å²) in [7, 11) is 0. The van der Waals surface area contributed by atoms with Crippen LogP contribution in [0.4, 0.5) is 5.69 Å². The maximum atomic E-state index is 12.6. The molecule has 0 saturated heterocycles. The van der Waals surface area contributed by atoms with Gasteiger partial charge in [-0.1, -0.05) is 25.1 Å².